The summed E-state index contributed by atoms with van der Waals surface area (Å²) in [6.45, 7) is 0.693. The van der Waals surface area contributed by atoms with Crippen molar-refractivity contribution in [3.05, 3.63) is 59.7 Å². The van der Waals surface area contributed by atoms with Crippen LogP contribution in [-0.4, -0.2) is 12.2 Å². The minimum Gasteiger partial charge on any atom is -0.508 e. The van der Waals surface area contributed by atoms with Crippen LogP contribution in [0, 0.1) is 11.3 Å². The molecule has 0 spiro atoms. The van der Waals surface area contributed by atoms with E-state index in [0.717, 1.165) is 11.3 Å². The average molecular weight is 238 g/mol. The normalized spacial score (nSPS) is 9.78. The summed E-state index contributed by atoms with van der Waals surface area (Å²) in [5, 5.41) is 18.3. The summed E-state index contributed by atoms with van der Waals surface area (Å²) < 4.78 is 0. The Morgan fingerprint density at radius 1 is 1.11 bits per heavy atom. The zero-order chi connectivity index (χ0) is 13.0. The van der Waals surface area contributed by atoms with E-state index in [1.807, 2.05) is 48.3 Å². The molecule has 2 aromatic carbocycles. The molecule has 18 heavy (non-hydrogen) atoms. The van der Waals surface area contributed by atoms with E-state index in [9.17, 15) is 5.11 Å². The molecule has 0 bridgehead atoms. The zero-order valence-electron chi connectivity index (χ0n) is 10.2. The topological polar surface area (TPSA) is 47.3 Å². The molecule has 0 fully saturated rings. The molecule has 0 aliphatic carbocycles. The molecule has 0 radical (unpaired) electrons. The molecule has 0 amide bonds. The monoisotopic (exact) mass is 238 g/mol. The lowest BCUT2D eigenvalue weighted by Gasteiger charge is -2.20. The largest absolute Gasteiger partial charge is 0.508 e. The fourth-order valence-corrected chi connectivity index (χ4v) is 1.86. The molecule has 0 saturated heterocycles. The predicted octanol–water partition coefficient (Wildman–Crippen LogP) is 2.90. The van der Waals surface area contributed by atoms with Gasteiger partial charge in [-0.2, -0.15) is 5.26 Å². The van der Waals surface area contributed by atoms with E-state index in [0.29, 0.717) is 12.1 Å². The van der Waals surface area contributed by atoms with Crippen molar-refractivity contribution in [2.45, 2.75) is 6.54 Å². The Hall–Kier alpha value is -2.47. The summed E-state index contributed by atoms with van der Waals surface area (Å²) in [5.74, 6) is 0.263. The highest BCUT2D eigenvalue weighted by Crippen LogP contribution is 2.20. The molecule has 0 saturated carbocycles. The highest BCUT2D eigenvalue weighted by Gasteiger charge is 2.06. The summed E-state index contributed by atoms with van der Waals surface area (Å²) in [4.78, 5) is 2.02. The van der Waals surface area contributed by atoms with Crippen LogP contribution >= 0.6 is 0 Å². The van der Waals surface area contributed by atoms with Crippen LogP contribution in [-0.2, 0) is 6.54 Å². The van der Waals surface area contributed by atoms with Crippen LogP contribution in [0.4, 0.5) is 5.69 Å². The summed E-state index contributed by atoms with van der Waals surface area (Å²) in [6, 6.07) is 16.8. The molecule has 1 N–H and O–H groups in total. The number of nitrogens with zero attached hydrogens (tertiary/aromatic N) is 2. The van der Waals surface area contributed by atoms with E-state index in [1.54, 1.807) is 12.1 Å². The smallest absolute Gasteiger partial charge is 0.115 e. The van der Waals surface area contributed by atoms with Gasteiger partial charge in [-0.05, 0) is 29.8 Å². The van der Waals surface area contributed by atoms with E-state index in [1.165, 1.54) is 0 Å². The van der Waals surface area contributed by atoms with Gasteiger partial charge in [0.1, 0.15) is 11.8 Å². The van der Waals surface area contributed by atoms with Gasteiger partial charge in [-0.1, -0.05) is 24.3 Å². The number of phenols is 1. The number of aromatic hydroxyl groups is 1. The van der Waals surface area contributed by atoms with Crippen LogP contribution in [0.1, 0.15) is 11.1 Å². The Kier molecular flexibility index (Phi) is 3.49. The van der Waals surface area contributed by atoms with E-state index >= 15 is 0 Å². The molecule has 0 unspecified atom stereocenters. The summed E-state index contributed by atoms with van der Waals surface area (Å²) in [5.41, 5.74) is 2.66. The molecule has 0 aliphatic rings. The minimum atomic E-state index is 0.263. The third-order valence-electron chi connectivity index (χ3n) is 2.79. The Morgan fingerprint density at radius 2 is 1.78 bits per heavy atom. The maximum atomic E-state index is 9.23. The Balaban J connectivity index is 2.19. The highest BCUT2D eigenvalue weighted by molar-refractivity contribution is 5.58. The van der Waals surface area contributed by atoms with Crippen molar-refractivity contribution in [3.63, 3.8) is 0 Å². The summed E-state index contributed by atoms with van der Waals surface area (Å²) in [7, 11) is 1.95. The second-order valence-corrected chi connectivity index (χ2v) is 4.15. The van der Waals surface area contributed by atoms with Crippen LogP contribution < -0.4 is 4.90 Å². The molecule has 0 heterocycles. The van der Waals surface area contributed by atoms with Crippen molar-refractivity contribution in [2.24, 2.45) is 0 Å². The molecular weight excluding hydrogens is 224 g/mol. The number of benzene rings is 2. The van der Waals surface area contributed by atoms with Crippen LogP contribution in [0.25, 0.3) is 0 Å². The van der Waals surface area contributed by atoms with Gasteiger partial charge in [-0.3, -0.25) is 0 Å². The minimum absolute atomic E-state index is 0.263. The van der Waals surface area contributed by atoms with Crippen LogP contribution in [0.15, 0.2) is 48.5 Å². The molecule has 0 aromatic heterocycles. The first kappa shape index (κ1) is 12.0. The molecule has 3 nitrogen and oxygen atoms in total. The number of phenolic OH excluding ortho intramolecular Hbond substituents is 1. The van der Waals surface area contributed by atoms with Crippen LogP contribution in [0.2, 0.25) is 0 Å². The fourth-order valence-electron chi connectivity index (χ4n) is 1.86. The van der Waals surface area contributed by atoms with Crippen LogP contribution in [0.5, 0.6) is 5.75 Å². The zero-order valence-corrected chi connectivity index (χ0v) is 10.2. The van der Waals surface area contributed by atoms with Gasteiger partial charge in [0.15, 0.2) is 0 Å². The van der Waals surface area contributed by atoms with Crippen molar-refractivity contribution in [2.75, 3.05) is 11.9 Å². The van der Waals surface area contributed by atoms with Gasteiger partial charge in [-0.15, -0.1) is 0 Å². The van der Waals surface area contributed by atoms with E-state index in [4.69, 9.17) is 5.26 Å². The molecule has 90 valence electrons. The molecule has 0 aliphatic heterocycles. The number of para-hydroxylation sites is 1. The van der Waals surface area contributed by atoms with Gasteiger partial charge in [-0.25, -0.2) is 0 Å². The third kappa shape index (κ3) is 2.61. The van der Waals surface area contributed by atoms with Gasteiger partial charge in [0.05, 0.1) is 11.3 Å². The lowest BCUT2D eigenvalue weighted by Crippen LogP contribution is -2.17. The first-order chi connectivity index (χ1) is 8.70. The number of hydrogen-bond donors (Lipinski definition) is 1. The van der Waals surface area contributed by atoms with Crippen molar-refractivity contribution in [1.82, 2.24) is 0 Å². The van der Waals surface area contributed by atoms with Gasteiger partial charge in [0.25, 0.3) is 0 Å². The third-order valence-corrected chi connectivity index (χ3v) is 2.79. The van der Waals surface area contributed by atoms with Crippen molar-refractivity contribution >= 4 is 5.69 Å². The quantitative estimate of drug-likeness (QED) is 0.894. The lowest BCUT2D eigenvalue weighted by molar-refractivity contribution is 0.475. The first-order valence-corrected chi connectivity index (χ1v) is 5.69. The first-order valence-electron chi connectivity index (χ1n) is 5.69. The van der Waals surface area contributed by atoms with Crippen molar-refractivity contribution < 1.29 is 5.11 Å². The van der Waals surface area contributed by atoms with E-state index in [-0.39, 0.29) is 5.75 Å². The summed E-state index contributed by atoms with van der Waals surface area (Å²) in [6.07, 6.45) is 0. The van der Waals surface area contributed by atoms with E-state index in [2.05, 4.69) is 6.07 Å². The molecule has 2 rings (SSSR count). The molecule has 3 heteroatoms. The molecule has 0 atom stereocenters. The van der Waals surface area contributed by atoms with Gasteiger partial charge >= 0.3 is 0 Å². The number of nitriles is 1. The highest BCUT2D eigenvalue weighted by atomic mass is 16.3. The molecule has 2 aromatic rings. The number of anilines is 1. The van der Waals surface area contributed by atoms with Crippen LogP contribution in [0.3, 0.4) is 0 Å². The SMILES string of the molecule is CN(Cc1ccc(O)cc1)c1ccccc1C#N. The maximum Gasteiger partial charge on any atom is 0.115 e. The van der Waals surface area contributed by atoms with Crippen molar-refractivity contribution in [1.29, 1.82) is 5.26 Å². The lowest BCUT2D eigenvalue weighted by atomic mass is 10.1. The standard InChI is InChI=1S/C15H14N2O/c1-17(11-12-6-8-14(18)9-7-12)15-5-3-2-4-13(15)10-16/h2-9,18H,11H2,1H3. The Bertz CT molecular complexity index is 570. The Labute approximate surface area is 107 Å². The van der Waals surface area contributed by atoms with Gasteiger partial charge < -0.3 is 10.0 Å². The summed E-state index contributed by atoms with van der Waals surface area (Å²) >= 11 is 0. The van der Waals surface area contributed by atoms with Crippen molar-refractivity contribution in [3.8, 4) is 11.8 Å². The second-order valence-electron chi connectivity index (χ2n) is 4.15. The van der Waals surface area contributed by atoms with E-state index < -0.39 is 0 Å². The van der Waals surface area contributed by atoms with Gasteiger partial charge in [0.2, 0.25) is 0 Å². The average Bonchev–Trinajstić information content (AvgIpc) is 2.41. The maximum absolute atomic E-state index is 9.23. The second kappa shape index (κ2) is 5.24. The fraction of sp³-hybridized carbons (Fsp3) is 0.133. The molecular formula is C15H14N2O. The van der Waals surface area contributed by atoms with Gasteiger partial charge in [0, 0.05) is 13.6 Å². The Morgan fingerprint density at radius 3 is 2.44 bits per heavy atom. The number of rotatable bonds is 3. The number of hydrogen-bond acceptors (Lipinski definition) is 3. The predicted molar refractivity (Wildman–Crippen MR) is 71.4 cm³/mol.